The number of nitro benzene ring substituents is 1. The Morgan fingerprint density at radius 3 is 2.96 bits per heavy atom. The molecule has 3 rings (SSSR count). The molecule has 1 N–H and O–H groups in total. The monoisotopic (exact) mass is 375 g/mol. The third-order valence-corrected chi connectivity index (χ3v) is 4.66. The molecule has 0 radical (unpaired) electrons. The lowest BCUT2D eigenvalue weighted by atomic mass is 10.1. The van der Waals surface area contributed by atoms with E-state index in [1.54, 1.807) is 23.9 Å². The molecular formula is C17H14FN3O4S. The molecule has 0 atom stereocenters. The van der Waals surface area contributed by atoms with Crippen LogP contribution >= 0.6 is 11.8 Å². The predicted octanol–water partition coefficient (Wildman–Crippen LogP) is 3.13. The molecule has 9 heteroatoms. The van der Waals surface area contributed by atoms with E-state index in [0.717, 1.165) is 10.6 Å². The topological polar surface area (TPSA) is 93.8 Å². The summed E-state index contributed by atoms with van der Waals surface area (Å²) >= 11 is 1.60. The van der Waals surface area contributed by atoms with Crippen LogP contribution in [0.1, 0.15) is 12.0 Å². The van der Waals surface area contributed by atoms with Crippen molar-refractivity contribution in [3.05, 3.63) is 64.0 Å². The number of para-hydroxylation sites is 2. The lowest BCUT2D eigenvalue weighted by Gasteiger charge is -2.17. The van der Waals surface area contributed by atoms with E-state index in [0.29, 0.717) is 17.7 Å². The molecule has 0 bridgehead atoms. The van der Waals surface area contributed by atoms with Crippen LogP contribution in [0.15, 0.2) is 52.5 Å². The van der Waals surface area contributed by atoms with E-state index in [1.165, 1.54) is 30.3 Å². The molecule has 2 aromatic rings. The van der Waals surface area contributed by atoms with Crippen molar-refractivity contribution in [2.24, 2.45) is 5.10 Å². The number of fused-ring (bicyclic) bond motifs is 1. The summed E-state index contributed by atoms with van der Waals surface area (Å²) in [5.74, 6) is -0.154. The molecule has 0 saturated heterocycles. The van der Waals surface area contributed by atoms with Gasteiger partial charge in [0.15, 0.2) is 12.4 Å². The normalized spacial score (nSPS) is 14.6. The fraction of sp³-hybridized carbons (Fsp3) is 0.176. The van der Waals surface area contributed by atoms with Gasteiger partial charge in [-0.15, -0.1) is 11.8 Å². The van der Waals surface area contributed by atoms with Crippen LogP contribution in [0.5, 0.6) is 5.75 Å². The van der Waals surface area contributed by atoms with Crippen LogP contribution in [0.4, 0.5) is 10.1 Å². The standard InChI is InChI=1S/C17H14FN3O4S/c18-11-5-6-16-12(9-11)13(7-8-26-16)19-20-17(22)10-25-15-4-2-1-3-14(15)21(23)24/h1-6,9H,7-8,10H2,(H,20,22)/b19-13-. The minimum atomic E-state index is -0.585. The summed E-state index contributed by atoms with van der Waals surface area (Å²) in [6.07, 6.45) is 0.590. The number of rotatable bonds is 5. The maximum absolute atomic E-state index is 13.5. The largest absolute Gasteiger partial charge is 0.477 e. The molecule has 2 aromatic carbocycles. The lowest BCUT2D eigenvalue weighted by Crippen LogP contribution is -2.27. The van der Waals surface area contributed by atoms with Crippen molar-refractivity contribution in [2.75, 3.05) is 12.4 Å². The Morgan fingerprint density at radius 1 is 1.35 bits per heavy atom. The Labute approximate surface area is 152 Å². The number of hydrazone groups is 1. The highest BCUT2D eigenvalue weighted by atomic mass is 32.2. The molecule has 134 valence electrons. The Morgan fingerprint density at radius 2 is 2.15 bits per heavy atom. The van der Waals surface area contributed by atoms with Gasteiger partial charge in [0.1, 0.15) is 5.82 Å². The number of carbonyl (C=O) groups is 1. The molecule has 0 aromatic heterocycles. The van der Waals surface area contributed by atoms with E-state index < -0.39 is 17.4 Å². The van der Waals surface area contributed by atoms with Crippen molar-refractivity contribution in [3.63, 3.8) is 0 Å². The molecule has 0 unspecified atom stereocenters. The van der Waals surface area contributed by atoms with Crippen LogP contribution in [-0.2, 0) is 4.79 Å². The highest BCUT2D eigenvalue weighted by Gasteiger charge is 2.18. The van der Waals surface area contributed by atoms with Gasteiger partial charge in [-0.25, -0.2) is 9.82 Å². The number of nitrogens with one attached hydrogen (secondary N) is 1. The number of thioether (sulfide) groups is 1. The van der Waals surface area contributed by atoms with Gasteiger partial charge in [-0.05, 0) is 24.3 Å². The second kappa shape index (κ2) is 7.96. The first-order valence-corrected chi connectivity index (χ1v) is 8.67. The number of carbonyl (C=O) groups excluding carboxylic acids is 1. The maximum Gasteiger partial charge on any atom is 0.310 e. The average Bonchev–Trinajstić information content (AvgIpc) is 2.64. The van der Waals surface area contributed by atoms with Gasteiger partial charge in [0, 0.05) is 28.7 Å². The van der Waals surface area contributed by atoms with Gasteiger partial charge in [0.25, 0.3) is 5.91 Å². The van der Waals surface area contributed by atoms with Crippen molar-refractivity contribution < 1.29 is 18.8 Å². The molecule has 7 nitrogen and oxygen atoms in total. The molecule has 0 aliphatic carbocycles. The van der Waals surface area contributed by atoms with Crippen LogP contribution in [0.3, 0.4) is 0 Å². The molecule has 0 spiro atoms. The van der Waals surface area contributed by atoms with E-state index in [4.69, 9.17) is 4.74 Å². The number of benzene rings is 2. The van der Waals surface area contributed by atoms with E-state index in [2.05, 4.69) is 10.5 Å². The molecule has 1 aliphatic heterocycles. The molecular weight excluding hydrogens is 361 g/mol. The summed E-state index contributed by atoms with van der Waals surface area (Å²) in [6, 6.07) is 10.2. The van der Waals surface area contributed by atoms with Crippen molar-refractivity contribution in [1.29, 1.82) is 0 Å². The minimum absolute atomic E-state index is 0.00165. The van der Waals surface area contributed by atoms with E-state index >= 15 is 0 Å². The van der Waals surface area contributed by atoms with Crippen LogP contribution < -0.4 is 10.2 Å². The zero-order chi connectivity index (χ0) is 18.5. The van der Waals surface area contributed by atoms with Gasteiger partial charge in [-0.3, -0.25) is 14.9 Å². The third kappa shape index (κ3) is 4.17. The Hall–Kier alpha value is -2.94. The van der Waals surface area contributed by atoms with Gasteiger partial charge in [-0.1, -0.05) is 12.1 Å². The highest BCUT2D eigenvalue weighted by molar-refractivity contribution is 7.99. The molecule has 1 heterocycles. The summed E-state index contributed by atoms with van der Waals surface area (Å²) in [5.41, 5.74) is 3.37. The van der Waals surface area contributed by atoms with Crippen LogP contribution in [-0.4, -0.2) is 28.9 Å². The fourth-order valence-corrected chi connectivity index (χ4v) is 3.41. The number of amides is 1. The first kappa shape index (κ1) is 17.9. The maximum atomic E-state index is 13.5. The van der Waals surface area contributed by atoms with Gasteiger partial charge in [0.05, 0.1) is 10.6 Å². The van der Waals surface area contributed by atoms with Crippen LogP contribution in [0.25, 0.3) is 0 Å². The van der Waals surface area contributed by atoms with E-state index in [1.807, 2.05) is 0 Å². The zero-order valence-corrected chi connectivity index (χ0v) is 14.3. The summed E-state index contributed by atoms with van der Waals surface area (Å²) in [5, 5.41) is 15.0. The zero-order valence-electron chi connectivity index (χ0n) is 13.5. The van der Waals surface area contributed by atoms with Crippen molar-refractivity contribution in [3.8, 4) is 5.75 Å². The number of hydrogen-bond acceptors (Lipinski definition) is 6. The second-order valence-corrected chi connectivity index (χ2v) is 6.48. The number of halogens is 1. The second-order valence-electron chi connectivity index (χ2n) is 5.35. The number of hydrogen-bond donors (Lipinski definition) is 1. The molecule has 0 fully saturated rings. The number of nitro groups is 1. The van der Waals surface area contributed by atoms with Gasteiger partial charge in [-0.2, -0.15) is 5.10 Å². The predicted molar refractivity (Wildman–Crippen MR) is 95.0 cm³/mol. The summed E-state index contributed by atoms with van der Waals surface area (Å²) < 4.78 is 18.7. The van der Waals surface area contributed by atoms with Gasteiger partial charge in [0.2, 0.25) is 0 Å². The van der Waals surface area contributed by atoms with Gasteiger partial charge >= 0.3 is 5.69 Å². The Balaban J connectivity index is 1.64. The fourth-order valence-electron chi connectivity index (χ4n) is 2.40. The lowest BCUT2D eigenvalue weighted by molar-refractivity contribution is -0.385. The first-order valence-electron chi connectivity index (χ1n) is 7.69. The van der Waals surface area contributed by atoms with Crippen LogP contribution in [0.2, 0.25) is 0 Å². The average molecular weight is 375 g/mol. The van der Waals surface area contributed by atoms with E-state index in [-0.39, 0.29) is 17.3 Å². The Bertz CT molecular complexity index is 888. The van der Waals surface area contributed by atoms with Crippen molar-refractivity contribution in [1.82, 2.24) is 5.43 Å². The van der Waals surface area contributed by atoms with Gasteiger partial charge < -0.3 is 4.74 Å². The minimum Gasteiger partial charge on any atom is -0.477 e. The Kier molecular flexibility index (Phi) is 5.47. The highest BCUT2D eigenvalue weighted by Crippen LogP contribution is 2.30. The smallest absolute Gasteiger partial charge is 0.310 e. The van der Waals surface area contributed by atoms with Crippen molar-refractivity contribution >= 4 is 29.1 Å². The molecule has 26 heavy (non-hydrogen) atoms. The van der Waals surface area contributed by atoms with Crippen molar-refractivity contribution in [2.45, 2.75) is 11.3 Å². The molecule has 0 saturated carbocycles. The number of ether oxygens (including phenoxy) is 1. The molecule has 1 amide bonds. The molecule has 1 aliphatic rings. The van der Waals surface area contributed by atoms with Crippen LogP contribution in [0, 0.1) is 15.9 Å². The first-order chi connectivity index (χ1) is 12.5. The quantitative estimate of drug-likeness (QED) is 0.640. The third-order valence-electron chi connectivity index (χ3n) is 3.59. The SMILES string of the molecule is O=C(COc1ccccc1[N+](=O)[O-])N/N=C1/CCSc2ccc(F)cc21. The van der Waals surface area contributed by atoms with E-state index in [9.17, 15) is 19.3 Å². The summed E-state index contributed by atoms with van der Waals surface area (Å²) in [6.45, 7) is -0.424. The number of nitrogens with zero attached hydrogens (tertiary/aromatic N) is 2. The summed E-state index contributed by atoms with van der Waals surface area (Å²) in [7, 11) is 0. The summed E-state index contributed by atoms with van der Waals surface area (Å²) in [4.78, 5) is 23.2.